The molecule has 1 aliphatic rings. The third kappa shape index (κ3) is 1.31. The fourth-order valence-electron chi connectivity index (χ4n) is 1.08. The Labute approximate surface area is 67.9 Å². The topological polar surface area (TPSA) is 94.8 Å². The summed E-state index contributed by atoms with van der Waals surface area (Å²) < 4.78 is 0. The lowest BCUT2D eigenvalue weighted by atomic mass is 9.89. The van der Waals surface area contributed by atoms with Gasteiger partial charge in [0, 0.05) is 0 Å². The fraction of sp³-hybridized carbons (Fsp3) is 0.429. The van der Waals surface area contributed by atoms with Crippen molar-refractivity contribution in [3.05, 3.63) is 11.8 Å². The molecule has 1 aliphatic carbocycles. The van der Waals surface area contributed by atoms with Crippen molar-refractivity contribution in [2.24, 2.45) is 5.92 Å². The van der Waals surface area contributed by atoms with Crippen LogP contribution in [-0.2, 0) is 9.59 Å². The third-order valence-electron chi connectivity index (χ3n) is 1.74. The van der Waals surface area contributed by atoms with Crippen molar-refractivity contribution < 1.29 is 24.9 Å². The van der Waals surface area contributed by atoms with Gasteiger partial charge in [0.2, 0.25) is 5.78 Å². The van der Waals surface area contributed by atoms with Crippen LogP contribution in [0, 0.1) is 5.92 Å². The summed E-state index contributed by atoms with van der Waals surface area (Å²) >= 11 is 0. The lowest BCUT2D eigenvalue weighted by molar-refractivity contribution is -0.151. The molecule has 66 valence electrons. The van der Waals surface area contributed by atoms with Crippen LogP contribution >= 0.6 is 0 Å². The van der Waals surface area contributed by atoms with E-state index in [1.165, 1.54) is 0 Å². The zero-order valence-corrected chi connectivity index (χ0v) is 6.10. The van der Waals surface area contributed by atoms with Crippen molar-refractivity contribution in [2.45, 2.75) is 12.5 Å². The molecule has 0 spiro atoms. The Hall–Kier alpha value is -1.36. The molecule has 0 saturated carbocycles. The maximum atomic E-state index is 10.9. The number of hydrogen-bond acceptors (Lipinski definition) is 4. The number of carbonyl (C=O) groups excluding carboxylic acids is 1. The van der Waals surface area contributed by atoms with Crippen LogP contribution in [0.5, 0.6) is 0 Å². The largest absolute Gasteiger partial charge is 0.505 e. The molecule has 0 heterocycles. The normalized spacial score (nSPS) is 29.8. The van der Waals surface area contributed by atoms with Gasteiger partial charge in [0.25, 0.3) is 0 Å². The number of aliphatic hydroxyl groups excluding tert-OH is 2. The summed E-state index contributed by atoms with van der Waals surface area (Å²) in [4.78, 5) is 21.3. The van der Waals surface area contributed by atoms with Gasteiger partial charge in [-0.2, -0.15) is 0 Å². The summed E-state index contributed by atoms with van der Waals surface area (Å²) in [6.07, 6.45) is -0.119. The molecule has 2 atom stereocenters. The SMILES string of the molecule is O=C(O)C1C(=O)C(O)=CCC1O. The highest BCUT2D eigenvalue weighted by Gasteiger charge is 2.38. The van der Waals surface area contributed by atoms with Crippen LogP contribution in [0.1, 0.15) is 6.42 Å². The van der Waals surface area contributed by atoms with E-state index in [9.17, 15) is 9.59 Å². The van der Waals surface area contributed by atoms with Crippen molar-refractivity contribution in [2.75, 3.05) is 0 Å². The first-order chi connectivity index (χ1) is 5.54. The van der Waals surface area contributed by atoms with Crippen molar-refractivity contribution in [3.63, 3.8) is 0 Å². The maximum absolute atomic E-state index is 10.9. The number of aliphatic hydroxyl groups is 2. The van der Waals surface area contributed by atoms with Gasteiger partial charge in [0.15, 0.2) is 5.76 Å². The number of hydrogen-bond donors (Lipinski definition) is 3. The van der Waals surface area contributed by atoms with Gasteiger partial charge in [-0.1, -0.05) is 0 Å². The summed E-state index contributed by atoms with van der Waals surface area (Å²) in [5.74, 6) is -4.43. The van der Waals surface area contributed by atoms with Crippen molar-refractivity contribution >= 4 is 11.8 Å². The third-order valence-corrected chi connectivity index (χ3v) is 1.74. The molecule has 0 aromatic rings. The number of ketones is 1. The van der Waals surface area contributed by atoms with E-state index >= 15 is 0 Å². The van der Waals surface area contributed by atoms with Crippen LogP contribution in [0.25, 0.3) is 0 Å². The predicted molar refractivity (Wildman–Crippen MR) is 37.5 cm³/mol. The average molecular weight is 172 g/mol. The first kappa shape index (κ1) is 8.73. The average Bonchev–Trinajstić information content (AvgIpc) is 1.97. The van der Waals surface area contributed by atoms with Crippen LogP contribution < -0.4 is 0 Å². The molecular weight excluding hydrogens is 164 g/mol. The molecule has 3 N–H and O–H groups in total. The van der Waals surface area contributed by atoms with E-state index in [0.29, 0.717) is 0 Å². The first-order valence-corrected chi connectivity index (χ1v) is 3.38. The van der Waals surface area contributed by atoms with Gasteiger partial charge >= 0.3 is 5.97 Å². The van der Waals surface area contributed by atoms with Crippen LogP contribution in [0.15, 0.2) is 11.8 Å². The summed E-state index contributed by atoms with van der Waals surface area (Å²) in [5.41, 5.74) is 0. The second-order valence-electron chi connectivity index (χ2n) is 2.57. The Balaban J connectivity index is 2.93. The molecule has 0 aromatic carbocycles. The van der Waals surface area contributed by atoms with Crippen LogP contribution in [0.3, 0.4) is 0 Å². The summed E-state index contributed by atoms with van der Waals surface area (Å²) in [6, 6.07) is 0. The summed E-state index contributed by atoms with van der Waals surface area (Å²) in [5, 5.41) is 26.4. The highest BCUT2D eigenvalue weighted by molar-refractivity contribution is 6.07. The minimum Gasteiger partial charge on any atom is -0.505 e. The van der Waals surface area contributed by atoms with Gasteiger partial charge < -0.3 is 15.3 Å². The van der Waals surface area contributed by atoms with Gasteiger partial charge in [-0.05, 0) is 12.5 Å². The Morgan fingerprint density at radius 3 is 2.58 bits per heavy atom. The molecule has 0 amide bonds. The Morgan fingerprint density at radius 2 is 2.17 bits per heavy atom. The molecule has 0 aliphatic heterocycles. The van der Waals surface area contributed by atoms with Gasteiger partial charge in [-0.25, -0.2) is 0 Å². The molecule has 0 bridgehead atoms. The number of carboxylic acid groups (broad SMARTS) is 1. The zero-order chi connectivity index (χ0) is 9.30. The van der Waals surface area contributed by atoms with Crippen LogP contribution in [0.2, 0.25) is 0 Å². The highest BCUT2D eigenvalue weighted by atomic mass is 16.4. The van der Waals surface area contributed by atoms with Crippen molar-refractivity contribution in [1.82, 2.24) is 0 Å². The molecule has 1 rings (SSSR count). The molecule has 0 aromatic heterocycles. The van der Waals surface area contributed by atoms with Gasteiger partial charge in [0.05, 0.1) is 6.10 Å². The van der Waals surface area contributed by atoms with E-state index < -0.39 is 29.5 Å². The molecule has 0 saturated heterocycles. The van der Waals surface area contributed by atoms with E-state index in [0.717, 1.165) is 6.08 Å². The van der Waals surface area contributed by atoms with Gasteiger partial charge in [-0.3, -0.25) is 9.59 Å². The molecule has 2 unspecified atom stereocenters. The monoisotopic (exact) mass is 172 g/mol. The molecular formula is C7H8O5. The number of allylic oxidation sites excluding steroid dienone is 1. The number of rotatable bonds is 1. The Kier molecular flexibility index (Phi) is 2.14. The fourth-order valence-corrected chi connectivity index (χ4v) is 1.08. The molecule has 12 heavy (non-hydrogen) atoms. The number of Topliss-reactive ketones (excluding diaryl/α,β-unsaturated/α-hetero) is 1. The Bertz CT molecular complexity index is 255. The van der Waals surface area contributed by atoms with E-state index in [4.69, 9.17) is 15.3 Å². The van der Waals surface area contributed by atoms with Gasteiger partial charge in [0.1, 0.15) is 5.92 Å². The lowest BCUT2D eigenvalue weighted by Crippen LogP contribution is -2.38. The summed E-state index contributed by atoms with van der Waals surface area (Å²) in [6.45, 7) is 0. The van der Waals surface area contributed by atoms with Crippen molar-refractivity contribution in [1.29, 1.82) is 0 Å². The van der Waals surface area contributed by atoms with E-state index in [1.807, 2.05) is 0 Å². The molecule has 0 fully saturated rings. The molecule has 0 radical (unpaired) electrons. The number of carboxylic acids is 1. The van der Waals surface area contributed by atoms with Crippen LogP contribution in [0.4, 0.5) is 0 Å². The van der Waals surface area contributed by atoms with E-state index in [-0.39, 0.29) is 6.42 Å². The smallest absolute Gasteiger partial charge is 0.317 e. The van der Waals surface area contributed by atoms with Crippen LogP contribution in [-0.4, -0.2) is 33.2 Å². The first-order valence-electron chi connectivity index (χ1n) is 3.38. The predicted octanol–water partition coefficient (Wildman–Crippen LogP) is -0.537. The standard InChI is InChI=1S/C7H8O5/c8-3-1-2-4(9)6(10)5(3)7(11)12/h2-3,5,8-9H,1H2,(H,11,12). The molecule has 5 nitrogen and oxygen atoms in total. The zero-order valence-electron chi connectivity index (χ0n) is 6.10. The molecule has 5 heteroatoms. The second-order valence-corrected chi connectivity index (χ2v) is 2.57. The number of aliphatic carboxylic acids is 1. The quantitative estimate of drug-likeness (QED) is 0.462. The van der Waals surface area contributed by atoms with Crippen molar-refractivity contribution in [3.8, 4) is 0 Å². The maximum Gasteiger partial charge on any atom is 0.317 e. The van der Waals surface area contributed by atoms with E-state index in [2.05, 4.69) is 0 Å². The Morgan fingerprint density at radius 1 is 1.58 bits per heavy atom. The minimum absolute atomic E-state index is 0.00542. The minimum atomic E-state index is -1.52. The summed E-state index contributed by atoms with van der Waals surface area (Å²) in [7, 11) is 0. The lowest BCUT2D eigenvalue weighted by Gasteiger charge is -2.20. The number of carbonyl (C=O) groups is 2. The second kappa shape index (κ2) is 2.94. The van der Waals surface area contributed by atoms with E-state index in [1.54, 1.807) is 0 Å². The van der Waals surface area contributed by atoms with Gasteiger partial charge in [-0.15, -0.1) is 0 Å². The highest BCUT2D eigenvalue weighted by Crippen LogP contribution is 2.19.